The quantitative estimate of drug-likeness (QED) is 0.778. The Bertz CT molecular complexity index is 769. The number of nitrogen functional groups attached to an aromatic ring is 1. The lowest BCUT2D eigenvalue weighted by atomic mass is 9.99. The highest BCUT2D eigenvalue weighted by atomic mass is 15.2. The van der Waals surface area contributed by atoms with Crippen LogP contribution in [0.2, 0.25) is 0 Å². The second kappa shape index (κ2) is 4.97. The molecule has 21 heavy (non-hydrogen) atoms. The number of benzene rings is 1. The standard InChI is InChI=1S/C15H16N6/c1-9-6-10(2)12(11(3)7-9)13-18-14(16)20-15(19-13)21-5-4-17-8-21/h4-8H,1-3H3,(H2,16,18,19,20). The van der Waals surface area contributed by atoms with E-state index >= 15 is 0 Å². The molecule has 3 rings (SSSR count). The molecule has 0 bridgehead atoms. The largest absolute Gasteiger partial charge is 0.368 e. The number of hydrogen-bond donors (Lipinski definition) is 1. The zero-order valence-corrected chi connectivity index (χ0v) is 12.2. The van der Waals surface area contributed by atoms with Crippen molar-refractivity contribution in [2.75, 3.05) is 5.73 Å². The molecular weight excluding hydrogens is 264 g/mol. The van der Waals surface area contributed by atoms with Crippen molar-refractivity contribution in [2.45, 2.75) is 20.8 Å². The molecule has 106 valence electrons. The Balaban J connectivity index is 2.20. The van der Waals surface area contributed by atoms with Crippen LogP contribution in [-0.4, -0.2) is 24.5 Å². The van der Waals surface area contributed by atoms with Crippen LogP contribution >= 0.6 is 0 Å². The second-order valence-electron chi connectivity index (χ2n) is 5.06. The molecule has 0 spiro atoms. The average molecular weight is 280 g/mol. The molecule has 0 saturated carbocycles. The Morgan fingerprint density at radius 3 is 2.33 bits per heavy atom. The van der Waals surface area contributed by atoms with Gasteiger partial charge in [-0.3, -0.25) is 4.57 Å². The first-order valence-corrected chi connectivity index (χ1v) is 6.62. The van der Waals surface area contributed by atoms with Crippen LogP contribution in [0, 0.1) is 20.8 Å². The molecule has 0 atom stereocenters. The van der Waals surface area contributed by atoms with Crippen LogP contribution in [-0.2, 0) is 0 Å². The van der Waals surface area contributed by atoms with Gasteiger partial charge in [-0.25, -0.2) is 4.98 Å². The third-order valence-electron chi connectivity index (χ3n) is 3.28. The van der Waals surface area contributed by atoms with E-state index in [9.17, 15) is 0 Å². The summed E-state index contributed by atoms with van der Waals surface area (Å²) in [5.74, 6) is 1.25. The van der Waals surface area contributed by atoms with Gasteiger partial charge in [0.05, 0.1) is 0 Å². The molecule has 0 radical (unpaired) electrons. The van der Waals surface area contributed by atoms with Gasteiger partial charge in [-0.05, 0) is 31.9 Å². The van der Waals surface area contributed by atoms with E-state index < -0.39 is 0 Å². The molecule has 3 aromatic rings. The summed E-state index contributed by atoms with van der Waals surface area (Å²) in [5, 5.41) is 0. The molecule has 2 N–H and O–H groups in total. The molecule has 1 aromatic carbocycles. The number of aromatic nitrogens is 5. The maximum absolute atomic E-state index is 5.84. The number of rotatable bonds is 2. The SMILES string of the molecule is Cc1cc(C)c(-c2nc(N)nc(-n3ccnc3)n2)c(C)c1. The van der Waals surface area contributed by atoms with Crippen molar-refractivity contribution in [2.24, 2.45) is 0 Å². The van der Waals surface area contributed by atoms with Crippen LogP contribution < -0.4 is 5.73 Å². The normalized spacial score (nSPS) is 10.8. The van der Waals surface area contributed by atoms with Crippen molar-refractivity contribution in [3.8, 4) is 17.3 Å². The minimum Gasteiger partial charge on any atom is -0.368 e. The van der Waals surface area contributed by atoms with E-state index in [1.54, 1.807) is 23.3 Å². The molecular formula is C15H16N6. The number of hydrogen-bond acceptors (Lipinski definition) is 5. The monoisotopic (exact) mass is 280 g/mol. The van der Waals surface area contributed by atoms with Gasteiger partial charge in [0.2, 0.25) is 11.9 Å². The van der Waals surface area contributed by atoms with Crippen LogP contribution in [0.15, 0.2) is 30.9 Å². The smallest absolute Gasteiger partial charge is 0.240 e. The van der Waals surface area contributed by atoms with E-state index in [0.717, 1.165) is 16.7 Å². The van der Waals surface area contributed by atoms with E-state index in [0.29, 0.717) is 11.8 Å². The van der Waals surface area contributed by atoms with Gasteiger partial charge < -0.3 is 5.73 Å². The lowest BCUT2D eigenvalue weighted by Gasteiger charge is -2.11. The molecule has 6 nitrogen and oxygen atoms in total. The Labute approximate surface area is 122 Å². The third kappa shape index (κ3) is 2.47. The Morgan fingerprint density at radius 1 is 1.00 bits per heavy atom. The maximum Gasteiger partial charge on any atom is 0.240 e. The highest BCUT2D eigenvalue weighted by Gasteiger charge is 2.13. The maximum atomic E-state index is 5.84. The molecule has 2 heterocycles. The van der Waals surface area contributed by atoms with Gasteiger partial charge in [-0.1, -0.05) is 17.7 Å². The zero-order chi connectivity index (χ0) is 15.0. The van der Waals surface area contributed by atoms with Gasteiger partial charge in [0.25, 0.3) is 0 Å². The van der Waals surface area contributed by atoms with E-state index in [1.165, 1.54) is 5.56 Å². The van der Waals surface area contributed by atoms with Crippen molar-refractivity contribution in [3.05, 3.63) is 47.5 Å². The van der Waals surface area contributed by atoms with Crippen molar-refractivity contribution < 1.29 is 0 Å². The van der Waals surface area contributed by atoms with Crippen molar-refractivity contribution in [1.82, 2.24) is 24.5 Å². The topological polar surface area (TPSA) is 82.5 Å². The third-order valence-corrected chi connectivity index (χ3v) is 3.28. The number of aryl methyl sites for hydroxylation is 3. The van der Waals surface area contributed by atoms with Crippen molar-refractivity contribution in [3.63, 3.8) is 0 Å². The van der Waals surface area contributed by atoms with Crippen LogP contribution in [0.5, 0.6) is 0 Å². The molecule has 0 aliphatic carbocycles. The molecule has 2 aromatic heterocycles. The molecule has 0 aliphatic rings. The second-order valence-corrected chi connectivity index (χ2v) is 5.06. The zero-order valence-electron chi connectivity index (χ0n) is 12.2. The first kappa shape index (κ1) is 13.2. The van der Waals surface area contributed by atoms with Gasteiger partial charge in [0.1, 0.15) is 6.33 Å². The first-order valence-electron chi connectivity index (χ1n) is 6.62. The predicted molar refractivity (Wildman–Crippen MR) is 81.0 cm³/mol. The van der Waals surface area contributed by atoms with Crippen LogP contribution in [0.4, 0.5) is 5.95 Å². The highest BCUT2D eigenvalue weighted by molar-refractivity contribution is 5.66. The van der Waals surface area contributed by atoms with Gasteiger partial charge in [-0.2, -0.15) is 15.0 Å². The molecule has 0 saturated heterocycles. The average Bonchev–Trinajstić information content (AvgIpc) is 2.90. The lowest BCUT2D eigenvalue weighted by Crippen LogP contribution is -2.07. The minimum absolute atomic E-state index is 0.197. The summed E-state index contributed by atoms with van der Waals surface area (Å²) in [6, 6.07) is 4.22. The summed E-state index contributed by atoms with van der Waals surface area (Å²) in [5.41, 5.74) is 10.3. The van der Waals surface area contributed by atoms with Crippen LogP contribution in [0.3, 0.4) is 0 Å². The van der Waals surface area contributed by atoms with E-state index in [1.807, 2.05) is 13.8 Å². The summed E-state index contributed by atoms with van der Waals surface area (Å²) in [6.07, 6.45) is 5.07. The fourth-order valence-corrected chi connectivity index (χ4v) is 2.52. The van der Waals surface area contributed by atoms with Gasteiger partial charge >= 0.3 is 0 Å². The lowest BCUT2D eigenvalue weighted by molar-refractivity contribution is 0.905. The summed E-state index contributed by atoms with van der Waals surface area (Å²) >= 11 is 0. The predicted octanol–water partition coefficient (Wildman–Crippen LogP) is 2.23. The molecule has 0 amide bonds. The fourth-order valence-electron chi connectivity index (χ4n) is 2.52. The molecule has 0 fully saturated rings. The van der Waals surface area contributed by atoms with Crippen molar-refractivity contribution >= 4 is 5.95 Å². The van der Waals surface area contributed by atoms with E-state index in [2.05, 4.69) is 39.0 Å². The Kier molecular flexibility index (Phi) is 3.13. The van der Waals surface area contributed by atoms with Crippen LogP contribution in [0.1, 0.15) is 16.7 Å². The molecule has 0 aliphatic heterocycles. The summed E-state index contributed by atoms with van der Waals surface area (Å²) in [6.45, 7) is 6.17. The van der Waals surface area contributed by atoms with Gasteiger partial charge in [-0.15, -0.1) is 0 Å². The first-order chi connectivity index (χ1) is 10.0. The number of imidazole rings is 1. The summed E-state index contributed by atoms with van der Waals surface area (Å²) < 4.78 is 1.71. The number of nitrogens with zero attached hydrogens (tertiary/aromatic N) is 5. The van der Waals surface area contributed by atoms with E-state index in [4.69, 9.17) is 5.73 Å². The Hall–Kier alpha value is -2.76. The highest BCUT2D eigenvalue weighted by Crippen LogP contribution is 2.26. The molecule has 0 unspecified atom stereocenters. The number of nitrogens with two attached hydrogens (primary N) is 1. The van der Waals surface area contributed by atoms with Gasteiger partial charge in [0, 0.05) is 18.0 Å². The minimum atomic E-state index is 0.197. The van der Waals surface area contributed by atoms with Crippen LogP contribution in [0.25, 0.3) is 17.3 Å². The number of anilines is 1. The summed E-state index contributed by atoms with van der Waals surface area (Å²) in [7, 11) is 0. The summed E-state index contributed by atoms with van der Waals surface area (Å²) in [4.78, 5) is 17.0. The van der Waals surface area contributed by atoms with E-state index in [-0.39, 0.29) is 5.95 Å². The van der Waals surface area contributed by atoms with Crippen molar-refractivity contribution in [1.29, 1.82) is 0 Å². The fraction of sp³-hybridized carbons (Fsp3) is 0.200. The van der Waals surface area contributed by atoms with Gasteiger partial charge in [0.15, 0.2) is 5.82 Å². The molecule has 6 heteroatoms. The Morgan fingerprint density at radius 2 is 1.71 bits per heavy atom.